The highest BCUT2D eigenvalue weighted by atomic mass is 79.9. The largest absolute Gasteiger partial charge is 0.377 e. The molecule has 1 amide bonds. The van der Waals surface area contributed by atoms with Crippen LogP contribution in [0.5, 0.6) is 0 Å². The van der Waals surface area contributed by atoms with E-state index in [4.69, 9.17) is 4.74 Å². The molecule has 0 saturated carbocycles. The van der Waals surface area contributed by atoms with Gasteiger partial charge in [0, 0.05) is 17.6 Å². The highest BCUT2D eigenvalue weighted by molar-refractivity contribution is 9.10. The number of amides is 1. The summed E-state index contributed by atoms with van der Waals surface area (Å²) in [5, 5.41) is 3.11. The van der Waals surface area contributed by atoms with Crippen LogP contribution in [0.1, 0.15) is 5.56 Å². The van der Waals surface area contributed by atoms with Gasteiger partial charge in [0.2, 0.25) is 5.91 Å². The Balaban J connectivity index is 2.03. The van der Waals surface area contributed by atoms with Gasteiger partial charge in [-0.05, 0) is 18.7 Å². The Labute approximate surface area is 122 Å². The Kier molecular flexibility index (Phi) is 5.36. The van der Waals surface area contributed by atoms with Crippen molar-refractivity contribution in [2.24, 2.45) is 0 Å². The highest BCUT2D eigenvalue weighted by Gasteiger charge is 2.26. The number of likely N-dealkylation sites (N-methyl/N-ethyl adjacent to an activating group) is 1. The van der Waals surface area contributed by atoms with Crippen LogP contribution in [0.2, 0.25) is 0 Å². The van der Waals surface area contributed by atoms with Gasteiger partial charge in [-0.2, -0.15) is 0 Å². The van der Waals surface area contributed by atoms with Crippen LogP contribution < -0.4 is 5.32 Å². The first kappa shape index (κ1) is 14.5. The van der Waals surface area contributed by atoms with Gasteiger partial charge in [0.15, 0.2) is 0 Å². The summed E-state index contributed by atoms with van der Waals surface area (Å²) < 4.78 is 6.43. The molecule has 19 heavy (non-hydrogen) atoms. The summed E-state index contributed by atoms with van der Waals surface area (Å²) in [7, 11) is 1.89. The van der Waals surface area contributed by atoms with Crippen LogP contribution in [0.25, 0.3) is 0 Å². The van der Waals surface area contributed by atoms with E-state index in [1.54, 1.807) is 0 Å². The smallest absolute Gasteiger partial charge is 0.227 e. The molecule has 5 heteroatoms. The Morgan fingerprint density at radius 2 is 2.32 bits per heavy atom. The van der Waals surface area contributed by atoms with E-state index in [0.717, 1.165) is 16.6 Å². The van der Waals surface area contributed by atoms with Crippen molar-refractivity contribution in [3.8, 4) is 0 Å². The van der Waals surface area contributed by atoms with Gasteiger partial charge in [-0.25, -0.2) is 0 Å². The lowest BCUT2D eigenvalue weighted by Gasteiger charge is -2.35. The molecular weight excluding hydrogens is 308 g/mol. The molecule has 1 heterocycles. The van der Waals surface area contributed by atoms with Crippen LogP contribution in [-0.2, 0) is 16.0 Å². The average molecular weight is 327 g/mol. The van der Waals surface area contributed by atoms with Crippen LogP contribution in [0, 0.1) is 0 Å². The Morgan fingerprint density at radius 1 is 1.53 bits per heavy atom. The minimum Gasteiger partial charge on any atom is -0.377 e. The molecule has 0 aliphatic carbocycles. The second-order valence-electron chi connectivity index (χ2n) is 4.64. The van der Waals surface area contributed by atoms with Crippen molar-refractivity contribution in [2.45, 2.75) is 12.5 Å². The third-order valence-corrected chi connectivity index (χ3v) is 4.06. The van der Waals surface area contributed by atoms with E-state index in [1.165, 1.54) is 0 Å². The molecule has 0 bridgehead atoms. The summed E-state index contributed by atoms with van der Waals surface area (Å²) in [6, 6.07) is 7.99. The van der Waals surface area contributed by atoms with Gasteiger partial charge >= 0.3 is 0 Å². The molecule has 1 fully saturated rings. The first-order valence-corrected chi connectivity index (χ1v) is 7.27. The molecule has 1 aliphatic heterocycles. The number of benzene rings is 1. The summed E-state index contributed by atoms with van der Waals surface area (Å²) in [6.07, 6.45) is 0.432. The number of carbonyl (C=O) groups is 1. The number of hydrogen-bond acceptors (Lipinski definition) is 3. The van der Waals surface area contributed by atoms with Crippen LogP contribution in [-0.4, -0.2) is 50.2 Å². The van der Waals surface area contributed by atoms with Gasteiger partial charge in [-0.15, -0.1) is 0 Å². The summed E-state index contributed by atoms with van der Waals surface area (Å²) in [4.78, 5) is 14.4. The number of hydrogen-bond donors (Lipinski definition) is 1. The molecular formula is C14H19BrN2O2. The highest BCUT2D eigenvalue weighted by Crippen LogP contribution is 2.18. The predicted octanol–water partition coefficient (Wildman–Crippen LogP) is 1.44. The Hall–Kier alpha value is -0.910. The number of nitrogens with one attached hydrogen (secondary N) is 1. The minimum absolute atomic E-state index is 0.133. The molecule has 0 spiro atoms. The van der Waals surface area contributed by atoms with Gasteiger partial charge in [0.05, 0.1) is 25.7 Å². The van der Waals surface area contributed by atoms with E-state index in [0.29, 0.717) is 26.2 Å². The number of ether oxygens (including phenoxy) is 1. The third-order valence-electron chi connectivity index (χ3n) is 3.29. The zero-order valence-corrected chi connectivity index (χ0v) is 12.6. The van der Waals surface area contributed by atoms with Gasteiger partial charge in [-0.3, -0.25) is 4.79 Å². The molecule has 1 saturated heterocycles. The summed E-state index contributed by atoms with van der Waals surface area (Å²) >= 11 is 3.49. The number of carbonyl (C=O) groups excluding carboxylic acids is 1. The van der Waals surface area contributed by atoms with Crippen LogP contribution in [0.15, 0.2) is 28.7 Å². The van der Waals surface area contributed by atoms with E-state index in [1.807, 2.05) is 36.2 Å². The maximum Gasteiger partial charge on any atom is 0.227 e. The van der Waals surface area contributed by atoms with Gasteiger partial charge in [0.25, 0.3) is 0 Å². The molecule has 1 aromatic carbocycles. The van der Waals surface area contributed by atoms with E-state index in [9.17, 15) is 4.79 Å². The summed E-state index contributed by atoms with van der Waals surface area (Å²) in [5.74, 6) is 0.162. The number of rotatable bonds is 4. The van der Waals surface area contributed by atoms with Crippen molar-refractivity contribution >= 4 is 21.8 Å². The van der Waals surface area contributed by atoms with Gasteiger partial charge in [-0.1, -0.05) is 34.1 Å². The lowest BCUT2D eigenvalue weighted by Crippen LogP contribution is -2.53. The fourth-order valence-corrected chi connectivity index (χ4v) is 2.72. The molecule has 2 rings (SSSR count). The first-order chi connectivity index (χ1) is 9.22. The van der Waals surface area contributed by atoms with E-state index >= 15 is 0 Å². The number of halogens is 1. The Bertz CT molecular complexity index is 437. The molecule has 1 N–H and O–H groups in total. The summed E-state index contributed by atoms with van der Waals surface area (Å²) in [5.41, 5.74) is 1.03. The van der Waals surface area contributed by atoms with Crippen molar-refractivity contribution in [1.29, 1.82) is 0 Å². The lowest BCUT2D eigenvalue weighted by molar-refractivity contribution is -0.138. The predicted molar refractivity (Wildman–Crippen MR) is 78.1 cm³/mol. The van der Waals surface area contributed by atoms with Crippen LogP contribution in [0.3, 0.4) is 0 Å². The first-order valence-electron chi connectivity index (χ1n) is 6.47. The van der Waals surface area contributed by atoms with Crippen LogP contribution in [0.4, 0.5) is 0 Å². The Morgan fingerprint density at radius 3 is 3.05 bits per heavy atom. The molecule has 1 atom stereocenters. The van der Waals surface area contributed by atoms with E-state index < -0.39 is 0 Å². The lowest BCUT2D eigenvalue weighted by atomic mass is 10.1. The van der Waals surface area contributed by atoms with Gasteiger partial charge < -0.3 is 15.0 Å². The maximum atomic E-state index is 12.4. The quantitative estimate of drug-likeness (QED) is 0.910. The van der Waals surface area contributed by atoms with Crippen molar-refractivity contribution < 1.29 is 9.53 Å². The standard InChI is InChI=1S/C14H19BrN2O2/c1-16-9-12-10-19-7-6-17(12)14(18)8-11-4-2-3-5-13(11)15/h2-5,12,16H,6-10H2,1H3. The average Bonchev–Trinajstić information content (AvgIpc) is 2.42. The molecule has 4 nitrogen and oxygen atoms in total. The normalized spacial score (nSPS) is 19.5. The monoisotopic (exact) mass is 326 g/mol. The molecule has 0 radical (unpaired) electrons. The second-order valence-corrected chi connectivity index (χ2v) is 5.50. The fourth-order valence-electron chi connectivity index (χ4n) is 2.29. The zero-order chi connectivity index (χ0) is 13.7. The number of nitrogens with zero attached hydrogens (tertiary/aromatic N) is 1. The minimum atomic E-state index is 0.133. The van der Waals surface area contributed by atoms with Crippen LogP contribution >= 0.6 is 15.9 Å². The molecule has 1 aromatic rings. The van der Waals surface area contributed by atoms with Crippen molar-refractivity contribution in [2.75, 3.05) is 33.4 Å². The van der Waals surface area contributed by atoms with Gasteiger partial charge in [0.1, 0.15) is 0 Å². The fraction of sp³-hybridized carbons (Fsp3) is 0.500. The van der Waals surface area contributed by atoms with Crippen molar-refractivity contribution in [3.63, 3.8) is 0 Å². The van der Waals surface area contributed by atoms with Crippen molar-refractivity contribution in [3.05, 3.63) is 34.3 Å². The second kappa shape index (κ2) is 7.03. The number of morpholine rings is 1. The third kappa shape index (κ3) is 3.78. The molecule has 0 aromatic heterocycles. The SMILES string of the molecule is CNCC1COCCN1C(=O)Cc1ccccc1Br. The van der Waals surface area contributed by atoms with E-state index in [-0.39, 0.29) is 11.9 Å². The molecule has 1 unspecified atom stereocenters. The van der Waals surface area contributed by atoms with E-state index in [2.05, 4.69) is 21.2 Å². The maximum absolute atomic E-state index is 12.4. The molecule has 104 valence electrons. The zero-order valence-electron chi connectivity index (χ0n) is 11.1. The topological polar surface area (TPSA) is 41.6 Å². The molecule has 1 aliphatic rings. The van der Waals surface area contributed by atoms with Crippen molar-refractivity contribution in [1.82, 2.24) is 10.2 Å². The summed E-state index contributed by atoms with van der Waals surface area (Å²) in [6.45, 7) is 2.68.